The van der Waals surface area contributed by atoms with E-state index in [-0.39, 0.29) is 22.7 Å². The third-order valence-electron chi connectivity index (χ3n) is 5.01. The Morgan fingerprint density at radius 3 is 2.74 bits per heavy atom. The van der Waals surface area contributed by atoms with Gasteiger partial charge in [0.25, 0.3) is 0 Å². The molecule has 1 aromatic rings. The Hall–Kier alpha value is -1.84. The van der Waals surface area contributed by atoms with E-state index in [2.05, 4.69) is 11.4 Å². The number of methoxy groups -OCH3 is 1. The van der Waals surface area contributed by atoms with Crippen LogP contribution in [0.2, 0.25) is 0 Å². The molecule has 0 radical (unpaired) electrons. The summed E-state index contributed by atoms with van der Waals surface area (Å²) < 4.78 is 4.88. The van der Waals surface area contributed by atoms with Crippen LogP contribution in [0.5, 0.6) is 0 Å². The first-order chi connectivity index (χ1) is 9.08. The van der Waals surface area contributed by atoms with Crippen molar-refractivity contribution >= 4 is 17.6 Å². The second-order valence-corrected chi connectivity index (χ2v) is 6.14. The van der Waals surface area contributed by atoms with Gasteiger partial charge in [0.2, 0.25) is 5.91 Å². The van der Waals surface area contributed by atoms with Gasteiger partial charge in [-0.1, -0.05) is 12.1 Å². The Labute approximate surface area is 111 Å². The second kappa shape index (κ2) is 3.18. The third-order valence-corrected chi connectivity index (χ3v) is 5.01. The van der Waals surface area contributed by atoms with Crippen molar-refractivity contribution in [2.45, 2.75) is 31.1 Å². The zero-order chi connectivity index (χ0) is 13.3. The summed E-state index contributed by atoms with van der Waals surface area (Å²) in [6.45, 7) is 0. The van der Waals surface area contributed by atoms with Crippen LogP contribution >= 0.6 is 0 Å². The molecule has 2 bridgehead atoms. The van der Waals surface area contributed by atoms with Crippen molar-refractivity contribution in [3.63, 3.8) is 0 Å². The highest BCUT2D eigenvalue weighted by Gasteiger charge is 2.73. The predicted molar refractivity (Wildman–Crippen MR) is 68.8 cm³/mol. The monoisotopic (exact) mass is 257 g/mol. The van der Waals surface area contributed by atoms with Crippen LogP contribution in [0, 0.1) is 5.41 Å². The lowest BCUT2D eigenvalue weighted by Crippen LogP contribution is -2.68. The molecular formula is C15H15NO3. The van der Waals surface area contributed by atoms with E-state index >= 15 is 0 Å². The Balaban J connectivity index is 1.66. The number of hydrogen-bond acceptors (Lipinski definition) is 3. The molecule has 0 aromatic heterocycles. The number of rotatable bonds is 2. The van der Waals surface area contributed by atoms with Crippen LogP contribution in [-0.4, -0.2) is 19.0 Å². The summed E-state index contributed by atoms with van der Waals surface area (Å²) in [5, 5.41) is 2.89. The van der Waals surface area contributed by atoms with Gasteiger partial charge in [-0.25, -0.2) is 0 Å². The average Bonchev–Trinajstić information content (AvgIpc) is 2.66. The van der Waals surface area contributed by atoms with E-state index in [1.807, 2.05) is 12.1 Å². The molecule has 3 saturated carbocycles. The molecule has 98 valence electrons. The molecule has 4 aliphatic rings. The summed E-state index contributed by atoms with van der Waals surface area (Å²) in [6, 6.07) is 6.05. The summed E-state index contributed by atoms with van der Waals surface area (Å²) >= 11 is 0. The fourth-order valence-corrected chi connectivity index (χ4v) is 4.25. The summed E-state index contributed by atoms with van der Waals surface area (Å²) in [5.41, 5.74) is 3.22. The van der Waals surface area contributed by atoms with Crippen molar-refractivity contribution in [3.05, 3.63) is 29.3 Å². The van der Waals surface area contributed by atoms with E-state index in [0.717, 1.165) is 30.5 Å². The van der Waals surface area contributed by atoms with Crippen molar-refractivity contribution in [2.24, 2.45) is 5.41 Å². The zero-order valence-corrected chi connectivity index (χ0v) is 10.8. The molecule has 0 saturated heterocycles. The molecule has 0 spiro atoms. The van der Waals surface area contributed by atoms with Crippen LogP contribution in [0.1, 0.15) is 30.4 Å². The van der Waals surface area contributed by atoms with E-state index in [0.29, 0.717) is 6.42 Å². The van der Waals surface area contributed by atoms with Crippen molar-refractivity contribution in [2.75, 3.05) is 12.4 Å². The minimum Gasteiger partial charge on any atom is -0.469 e. The zero-order valence-electron chi connectivity index (χ0n) is 10.8. The first kappa shape index (κ1) is 11.0. The number of ether oxygens (including phenoxy) is 1. The number of amides is 1. The van der Waals surface area contributed by atoms with E-state index in [9.17, 15) is 9.59 Å². The van der Waals surface area contributed by atoms with Gasteiger partial charge in [-0.2, -0.15) is 0 Å². The van der Waals surface area contributed by atoms with Crippen LogP contribution in [-0.2, 0) is 26.2 Å². The fraction of sp³-hybridized carbons (Fsp3) is 0.467. The van der Waals surface area contributed by atoms with Gasteiger partial charge in [-0.05, 0) is 41.9 Å². The number of nitrogens with one attached hydrogen (secondary N) is 1. The van der Waals surface area contributed by atoms with Gasteiger partial charge in [0.15, 0.2) is 0 Å². The quantitative estimate of drug-likeness (QED) is 0.822. The van der Waals surface area contributed by atoms with E-state index in [1.54, 1.807) is 0 Å². The molecule has 3 fully saturated rings. The fourth-order valence-electron chi connectivity index (χ4n) is 4.25. The first-order valence-electron chi connectivity index (χ1n) is 6.59. The third kappa shape index (κ3) is 1.19. The Morgan fingerprint density at radius 2 is 2.05 bits per heavy atom. The molecular weight excluding hydrogens is 242 g/mol. The maximum Gasteiger partial charge on any atom is 0.311 e. The molecule has 0 atom stereocenters. The number of carbonyl (C=O) groups is 2. The summed E-state index contributed by atoms with van der Waals surface area (Å²) in [5.74, 6) is -0.00659. The first-order valence-corrected chi connectivity index (χ1v) is 6.59. The van der Waals surface area contributed by atoms with Crippen LogP contribution < -0.4 is 5.32 Å². The lowest BCUT2D eigenvalue weighted by Gasteiger charge is -2.69. The highest BCUT2D eigenvalue weighted by Crippen LogP contribution is 2.74. The second-order valence-electron chi connectivity index (χ2n) is 6.14. The van der Waals surface area contributed by atoms with Crippen LogP contribution in [0.15, 0.2) is 18.2 Å². The Bertz CT molecular complexity index is 600. The SMILES string of the molecule is COC(=O)C12CC(c3cccc4c3CC(=O)N4)(C1)C2. The highest BCUT2D eigenvalue weighted by atomic mass is 16.5. The molecule has 5 rings (SSSR count). The lowest BCUT2D eigenvalue weighted by atomic mass is 9.33. The number of carbonyl (C=O) groups excluding carboxylic acids is 2. The summed E-state index contributed by atoms with van der Waals surface area (Å²) in [6.07, 6.45) is 3.09. The van der Waals surface area contributed by atoms with Gasteiger partial charge >= 0.3 is 5.97 Å². The molecule has 1 heterocycles. The minimum atomic E-state index is -0.229. The molecule has 0 unspecified atom stereocenters. The largest absolute Gasteiger partial charge is 0.469 e. The molecule has 4 heteroatoms. The number of esters is 1. The Morgan fingerprint density at radius 1 is 1.32 bits per heavy atom. The minimum absolute atomic E-state index is 0.0664. The van der Waals surface area contributed by atoms with Crippen molar-refractivity contribution in [3.8, 4) is 0 Å². The molecule has 4 nitrogen and oxygen atoms in total. The number of hydrogen-bond donors (Lipinski definition) is 1. The van der Waals surface area contributed by atoms with Crippen LogP contribution in [0.25, 0.3) is 0 Å². The molecule has 1 aromatic carbocycles. The maximum atomic E-state index is 11.7. The molecule has 3 aliphatic carbocycles. The lowest BCUT2D eigenvalue weighted by molar-refractivity contribution is -0.198. The van der Waals surface area contributed by atoms with E-state index in [4.69, 9.17) is 4.74 Å². The van der Waals surface area contributed by atoms with Gasteiger partial charge < -0.3 is 10.1 Å². The normalized spacial score (nSPS) is 33.8. The van der Waals surface area contributed by atoms with Gasteiger partial charge in [-0.3, -0.25) is 9.59 Å². The predicted octanol–water partition coefficient (Wildman–Crippen LogP) is 1.78. The molecule has 19 heavy (non-hydrogen) atoms. The Kier molecular flexibility index (Phi) is 1.85. The number of anilines is 1. The van der Waals surface area contributed by atoms with E-state index in [1.165, 1.54) is 12.7 Å². The van der Waals surface area contributed by atoms with E-state index < -0.39 is 0 Å². The van der Waals surface area contributed by atoms with Crippen molar-refractivity contribution < 1.29 is 14.3 Å². The van der Waals surface area contributed by atoms with Gasteiger partial charge in [0, 0.05) is 5.69 Å². The molecule has 1 amide bonds. The molecule has 1 aliphatic heterocycles. The van der Waals surface area contributed by atoms with Gasteiger partial charge in [-0.15, -0.1) is 0 Å². The van der Waals surface area contributed by atoms with Crippen molar-refractivity contribution in [1.82, 2.24) is 0 Å². The highest BCUT2D eigenvalue weighted by molar-refractivity contribution is 6.00. The molecule has 1 N–H and O–H groups in total. The standard InChI is InChI=1S/C15H15NO3/c1-19-13(18)15-6-14(7-15,8-15)10-3-2-4-11-9(10)5-12(17)16-11/h2-4H,5-8H2,1H3,(H,16,17). The van der Waals surface area contributed by atoms with Crippen LogP contribution in [0.3, 0.4) is 0 Å². The summed E-state index contributed by atoms with van der Waals surface area (Å²) in [4.78, 5) is 23.3. The van der Waals surface area contributed by atoms with Gasteiger partial charge in [0.05, 0.1) is 18.9 Å². The number of benzene rings is 1. The van der Waals surface area contributed by atoms with Crippen molar-refractivity contribution in [1.29, 1.82) is 0 Å². The maximum absolute atomic E-state index is 11.7. The topological polar surface area (TPSA) is 55.4 Å². The number of fused-ring (bicyclic) bond motifs is 1. The summed E-state index contributed by atoms with van der Waals surface area (Å²) in [7, 11) is 1.46. The average molecular weight is 257 g/mol. The van der Waals surface area contributed by atoms with Crippen LogP contribution in [0.4, 0.5) is 5.69 Å². The van der Waals surface area contributed by atoms with Gasteiger partial charge in [0.1, 0.15) is 0 Å². The smallest absolute Gasteiger partial charge is 0.311 e.